The highest BCUT2D eigenvalue weighted by molar-refractivity contribution is 8.12. The van der Waals surface area contributed by atoms with E-state index in [1.807, 2.05) is 5.55 Å². The van der Waals surface area contributed by atoms with Crippen LogP contribution in [0, 0.1) is 23.5 Å². The standard InChI is InChI=1S/C19H18F2N2O3S/c20-12-2-1-10(5-13(12)21)18(24)25-8-15-23-17-11-3-4-19(6-11,26-15)16(17)14-7-22-9-27-14/h1-5,9,11,14-17,23H,6-8H2. The average Bonchev–Trinajstić information content (AvgIpc) is 3.35. The van der Waals surface area contributed by atoms with Gasteiger partial charge in [-0.1, -0.05) is 12.2 Å². The first-order valence-electron chi connectivity index (χ1n) is 8.95. The molecule has 8 heteroatoms. The van der Waals surface area contributed by atoms with Crippen LogP contribution in [0.4, 0.5) is 8.78 Å². The summed E-state index contributed by atoms with van der Waals surface area (Å²) in [6.07, 6.45) is 4.86. The zero-order valence-electron chi connectivity index (χ0n) is 14.3. The Balaban J connectivity index is 1.25. The van der Waals surface area contributed by atoms with Crippen molar-refractivity contribution in [3.05, 3.63) is 47.5 Å². The number of carbonyl (C=O) groups is 1. The molecule has 6 unspecified atom stereocenters. The molecule has 6 atom stereocenters. The average molecular weight is 392 g/mol. The Bertz CT molecular complexity index is 840. The van der Waals surface area contributed by atoms with Crippen molar-refractivity contribution in [2.75, 3.05) is 13.2 Å². The molecule has 1 aromatic carbocycles. The molecule has 1 N–H and O–H groups in total. The third kappa shape index (κ3) is 2.81. The summed E-state index contributed by atoms with van der Waals surface area (Å²) in [5.74, 6) is -2.04. The molecule has 27 heavy (non-hydrogen) atoms. The van der Waals surface area contributed by atoms with E-state index in [4.69, 9.17) is 9.47 Å². The number of nitrogens with one attached hydrogen (secondary N) is 1. The van der Waals surface area contributed by atoms with E-state index in [-0.39, 0.29) is 23.8 Å². The molecule has 1 aromatic rings. The van der Waals surface area contributed by atoms with E-state index >= 15 is 0 Å². The van der Waals surface area contributed by atoms with Gasteiger partial charge < -0.3 is 9.47 Å². The van der Waals surface area contributed by atoms with E-state index in [0.29, 0.717) is 17.1 Å². The minimum absolute atomic E-state index is 0.0116. The van der Waals surface area contributed by atoms with Crippen LogP contribution < -0.4 is 5.32 Å². The number of hydrogen-bond donors (Lipinski definition) is 1. The molecule has 1 saturated carbocycles. The number of fused-ring (bicyclic) bond motifs is 3. The number of thioether (sulfide) groups is 1. The lowest BCUT2D eigenvalue weighted by molar-refractivity contribution is -0.147. The molecule has 0 aromatic heterocycles. The SMILES string of the molecule is O=C(OCC1NC2C3C=CC(C3)(O1)C2C1CN=CS1)c1ccc(F)c(F)c1. The summed E-state index contributed by atoms with van der Waals surface area (Å²) < 4.78 is 37.9. The van der Waals surface area contributed by atoms with Crippen LogP contribution in [0.25, 0.3) is 0 Å². The summed E-state index contributed by atoms with van der Waals surface area (Å²) in [5, 5.41) is 3.86. The summed E-state index contributed by atoms with van der Waals surface area (Å²) in [5.41, 5.74) is 1.54. The predicted molar refractivity (Wildman–Crippen MR) is 96.6 cm³/mol. The number of aliphatic imine (C=N–C) groups is 1. The number of halogens is 2. The fraction of sp³-hybridized carbons (Fsp3) is 0.474. The Hall–Kier alpha value is -1.77. The van der Waals surface area contributed by atoms with E-state index in [9.17, 15) is 13.6 Å². The maximum Gasteiger partial charge on any atom is 0.338 e. The fourth-order valence-electron chi connectivity index (χ4n) is 4.76. The summed E-state index contributed by atoms with van der Waals surface area (Å²) >= 11 is 1.75. The van der Waals surface area contributed by atoms with Crippen molar-refractivity contribution < 1.29 is 23.0 Å². The van der Waals surface area contributed by atoms with Gasteiger partial charge in [-0.2, -0.15) is 0 Å². The van der Waals surface area contributed by atoms with Crippen LogP contribution in [-0.4, -0.2) is 47.8 Å². The molecule has 0 radical (unpaired) electrons. The van der Waals surface area contributed by atoms with E-state index in [0.717, 1.165) is 25.1 Å². The van der Waals surface area contributed by atoms with Gasteiger partial charge in [0, 0.05) is 17.2 Å². The third-order valence-electron chi connectivity index (χ3n) is 5.85. The van der Waals surface area contributed by atoms with Gasteiger partial charge in [-0.3, -0.25) is 10.3 Å². The lowest BCUT2D eigenvalue weighted by Gasteiger charge is -2.47. The second-order valence-electron chi connectivity index (χ2n) is 7.38. The highest BCUT2D eigenvalue weighted by Crippen LogP contribution is 2.55. The van der Waals surface area contributed by atoms with Crippen LogP contribution in [0.5, 0.6) is 0 Å². The quantitative estimate of drug-likeness (QED) is 0.630. The molecule has 2 aliphatic carbocycles. The van der Waals surface area contributed by atoms with E-state index < -0.39 is 23.8 Å². The summed E-state index contributed by atoms with van der Waals surface area (Å²) in [4.78, 5) is 16.5. The molecule has 3 bridgehead atoms. The molecule has 5 rings (SSSR count). The third-order valence-corrected chi connectivity index (χ3v) is 6.91. The van der Waals surface area contributed by atoms with Crippen LogP contribution >= 0.6 is 11.8 Å². The fourth-order valence-corrected chi connectivity index (χ4v) is 5.83. The Kier molecular flexibility index (Phi) is 4.10. The van der Waals surface area contributed by atoms with Gasteiger partial charge in [-0.15, -0.1) is 11.8 Å². The van der Waals surface area contributed by atoms with E-state index in [2.05, 4.69) is 22.5 Å². The molecule has 142 valence electrons. The van der Waals surface area contributed by atoms with Crippen LogP contribution in [-0.2, 0) is 9.47 Å². The number of esters is 1. The molecular weight excluding hydrogens is 374 g/mol. The maximum atomic E-state index is 13.3. The first kappa shape index (κ1) is 17.3. The van der Waals surface area contributed by atoms with Gasteiger partial charge in [0.05, 0.1) is 23.3 Å². The number of benzene rings is 1. The topological polar surface area (TPSA) is 59.9 Å². The maximum absolute atomic E-state index is 13.3. The Morgan fingerprint density at radius 3 is 3.04 bits per heavy atom. The second-order valence-corrected chi connectivity index (χ2v) is 8.47. The molecule has 2 heterocycles. The lowest BCUT2D eigenvalue weighted by atomic mass is 9.81. The van der Waals surface area contributed by atoms with Crippen molar-refractivity contribution in [2.45, 2.75) is 29.5 Å². The minimum atomic E-state index is -1.07. The summed E-state index contributed by atoms with van der Waals surface area (Å²) in [7, 11) is 0. The van der Waals surface area contributed by atoms with Crippen molar-refractivity contribution in [1.82, 2.24) is 5.32 Å². The van der Waals surface area contributed by atoms with Gasteiger partial charge in [-0.25, -0.2) is 13.6 Å². The van der Waals surface area contributed by atoms with Gasteiger partial charge in [0.1, 0.15) is 12.8 Å². The van der Waals surface area contributed by atoms with Crippen molar-refractivity contribution in [3.8, 4) is 0 Å². The highest BCUT2D eigenvalue weighted by atomic mass is 32.2. The largest absolute Gasteiger partial charge is 0.458 e. The smallest absolute Gasteiger partial charge is 0.338 e. The van der Waals surface area contributed by atoms with Gasteiger partial charge in [0.15, 0.2) is 11.6 Å². The van der Waals surface area contributed by atoms with Crippen molar-refractivity contribution >= 4 is 23.3 Å². The van der Waals surface area contributed by atoms with Crippen LogP contribution in [0.15, 0.2) is 35.3 Å². The normalized spacial score (nSPS) is 38.5. The Morgan fingerprint density at radius 2 is 2.30 bits per heavy atom. The van der Waals surface area contributed by atoms with Crippen molar-refractivity contribution in [1.29, 1.82) is 0 Å². The van der Waals surface area contributed by atoms with Gasteiger partial charge in [0.2, 0.25) is 0 Å². The molecule has 5 nitrogen and oxygen atoms in total. The molecule has 2 aliphatic heterocycles. The number of rotatable bonds is 4. The van der Waals surface area contributed by atoms with Gasteiger partial charge in [0.25, 0.3) is 0 Å². The Labute approximate surface area is 159 Å². The number of ether oxygens (including phenoxy) is 2. The van der Waals surface area contributed by atoms with Gasteiger partial charge in [-0.05, 0) is 30.5 Å². The highest BCUT2D eigenvalue weighted by Gasteiger charge is 2.62. The summed E-state index contributed by atoms with van der Waals surface area (Å²) in [6.45, 7) is 0.812. The summed E-state index contributed by atoms with van der Waals surface area (Å²) in [6, 6.07) is 3.22. The van der Waals surface area contributed by atoms with Gasteiger partial charge >= 0.3 is 5.97 Å². The molecule has 4 aliphatic rings. The zero-order valence-corrected chi connectivity index (χ0v) is 15.1. The molecule has 0 amide bonds. The predicted octanol–water partition coefficient (Wildman–Crippen LogP) is 2.52. The number of hydrogen-bond acceptors (Lipinski definition) is 6. The first-order chi connectivity index (χ1) is 13.1. The minimum Gasteiger partial charge on any atom is -0.458 e. The van der Waals surface area contributed by atoms with E-state index in [1.54, 1.807) is 11.8 Å². The van der Waals surface area contributed by atoms with E-state index in [1.165, 1.54) is 6.07 Å². The molecule has 1 saturated heterocycles. The molecule has 1 spiro atoms. The number of nitrogens with zero attached hydrogens (tertiary/aromatic N) is 1. The first-order valence-corrected chi connectivity index (χ1v) is 9.89. The molecule has 2 fully saturated rings. The van der Waals surface area contributed by atoms with Crippen molar-refractivity contribution in [3.63, 3.8) is 0 Å². The Morgan fingerprint density at radius 1 is 1.41 bits per heavy atom. The second kappa shape index (κ2) is 6.39. The van der Waals surface area contributed by atoms with Crippen LogP contribution in [0.1, 0.15) is 16.8 Å². The zero-order chi connectivity index (χ0) is 18.6. The number of carbonyl (C=O) groups excluding carboxylic acids is 1. The monoisotopic (exact) mass is 392 g/mol. The lowest BCUT2D eigenvalue weighted by Crippen LogP contribution is -2.62. The van der Waals surface area contributed by atoms with Crippen molar-refractivity contribution in [2.24, 2.45) is 16.8 Å². The van der Waals surface area contributed by atoms with Crippen LogP contribution in [0.3, 0.4) is 0 Å². The molecular formula is C19H18F2N2O3S. The van der Waals surface area contributed by atoms with Crippen LogP contribution in [0.2, 0.25) is 0 Å².